The number of nitrogens with zero attached hydrogens (tertiary/aromatic N) is 1. The number of benzene rings is 1. The fraction of sp³-hybridized carbons (Fsp3) is 0.636. The molecule has 3 rings (SSSR count). The molecule has 0 aromatic heterocycles. The van der Waals surface area contributed by atoms with Crippen LogP contribution in [0.3, 0.4) is 0 Å². The molecule has 2 aliphatic rings. The molecule has 0 unspecified atom stereocenters. The van der Waals surface area contributed by atoms with E-state index in [1.54, 1.807) is 0 Å². The molecular weight excluding hydrogens is 340 g/mol. The van der Waals surface area contributed by atoms with Gasteiger partial charge in [-0.15, -0.1) is 0 Å². The van der Waals surface area contributed by atoms with Gasteiger partial charge in [-0.25, -0.2) is 0 Å². The smallest absolute Gasteiger partial charge is 0.305 e. The monoisotopic (exact) mass is 372 g/mol. The first kappa shape index (κ1) is 19.7. The normalized spacial score (nSPS) is 19.3. The van der Waals surface area contributed by atoms with Crippen molar-refractivity contribution < 1.29 is 14.3 Å². The van der Waals surface area contributed by atoms with E-state index in [-0.39, 0.29) is 11.9 Å². The van der Waals surface area contributed by atoms with Gasteiger partial charge in [0.15, 0.2) is 0 Å². The Hall–Kier alpha value is -2.04. The van der Waals surface area contributed by atoms with Gasteiger partial charge in [0.1, 0.15) is 5.54 Å². The third-order valence-corrected chi connectivity index (χ3v) is 5.69. The number of carbonyl (C=O) groups is 2. The molecule has 0 atom stereocenters. The number of rotatable bonds is 7. The minimum atomic E-state index is -0.634. The summed E-state index contributed by atoms with van der Waals surface area (Å²) in [6, 6.07) is 7.84. The second kappa shape index (κ2) is 8.77. The number of para-hydroxylation sites is 2. The summed E-state index contributed by atoms with van der Waals surface area (Å²) in [4.78, 5) is 26.6. The first-order chi connectivity index (χ1) is 13.0. The molecule has 1 aromatic carbocycles. The maximum atomic E-state index is 12.8. The minimum Gasteiger partial charge on any atom is -0.466 e. The van der Waals surface area contributed by atoms with Gasteiger partial charge in [0.05, 0.1) is 18.0 Å². The molecule has 1 saturated carbocycles. The zero-order valence-corrected chi connectivity index (χ0v) is 16.6. The van der Waals surface area contributed by atoms with Crippen LogP contribution < -0.4 is 10.2 Å². The second-order valence-electron chi connectivity index (χ2n) is 8.34. The highest BCUT2D eigenvalue weighted by Crippen LogP contribution is 2.35. The predicted octanol–water partition coefficient (Wildman–Crippen LogP) is 4.52. The molecular formula is C22H32N2O3. The Morgan fingerprint density at radius 2 is 1.96 bits per heavy atom. The van der Waals surface area contributed by atoms with Gasteiger partial charge < -0.3 is 15.0 Å². The number of hydrogen-bond donors (Lipinski definition) is 1. The van der Waals surface area contributed by atoms with Crippen LogP contribution in [0, 0.1) is 5.92 Å². The molecule has 1 amide bonds. The van der Waals surface area contributed by atoms with E-state index in [1.807, 2.05) is 43.0 Å². The Bertz CT molecular complexity index is 665. The van der Waals surface area contributed by atoms with Crippen LogP contribution in [0.25, 0.3) is 0 Å². The average molecular weight is 373 g/mol. The van der Waals surface area contributed by atoms with Gasteiger partial charge in [-0.1, -0.05) is 44.2 Å². The number of nitrogens with one attached hydrogen (secondary N) is 1. The zero-order valence-electron chi connectivity index (χ0n) is 16.6. The Kier molecular flexibility index (Phi) is 6.40. The van der Waals surface area contributed by atoms with Crippen LogP contribution in [0.5, 0.6) is 0 Å². The Labute approximate surface area is 162 Å². The van der Waals surface area contributed by atoms with Gasteiger partial charge >= 0.3 is 5.97 Å². The maximum absolute atomic E-state index is 12.8. The van der Waals surface area contributed by atoms with Crippen molar-refractivity contribution >= 4 is 23.3 Å². The molecule has 1 N–H and O–H groups in total. The molecule has 148 valence electrons. The van der Waals surface area contributed by atoms with Gasteiger partial charge in [-0.3, -0.25) is 9.59 Å². The topological polar surface area (TPSA) is 58.6 Å². The zero-order chi connectivity index (χ0) is 19.3. The highest BCUT2D eigenvalue weighted by Gasteiger charge is 2.38. The lowest BCUT2D eigenvalue weighted by atomic mass is 9.86. The van der Waals surface area contributed by atoms with E-state index in [1.165, 1.54) is 32.1 Å². The number of amides is 1. The molecule has 5 nitrogen and oxygen atoms in total. The van der Waals surface area contributed by atoms with Crippen LogP contribution in [0.2, 0.25) is 0 Å². The summed E-state index contributed by atoms with van der Waals surface area (Å²) in [5.74, 6) is 0.640. The highest BCUT2D eigenvalue weighted by molar-refractivity contribution is 6.07. The molecule has 1 aromatic rings. The first-order valence-electron chi connectivity index (χ1n) is 10.3. The van der Waals surface area contributed by atoms with Gasteiger partial charge in [-0.05, 0) is 44.7 Å². The number of fused-ring (bicyclic) bond motifs is 1. The van der Waals surface area contributed by atoms with E-state index in [4.69, 9.17) is 4.74 Å². The Morgan fingerprint density at radius 1 is 1.22 bits per heavy atom. The van der Waals surface area contributed by atoms with Gasteiger partial charge in [-0.2, -0.15) is 0 Å². The molecule has 0 radical (unpaired) electrons. The van der Waals surface area contributed by atoms with Crippen molar-refractivity contribution in [3.63, 3.8) is 0 Å². The summed E-state index contributed by atoms with van der Waals surface area (Å²) in [7, 11) is 0. The SMILES string of the molecule is CC1(C)Nc2ccccc2N(CCCOC(=O)CCC2CCCCC2)C1=O. The van der Waals surface area contributed by atoms with Gasteiger partial charge in [0.2, 0.25) is 0 Å². The number of anilines is 2. The lowest BCUT2D eigenvalue weighted by molar-refractivity contribution is -0.144. The summed E-state index contributed by atoms with van der Waals surface area (Å²) < 4.78 is 5.41. The van der Waals surface area contributed by atoms with Gasteiger partial charge in [0.25, 0.3) is 5.91 Å². The summed E-state index contributed by atoms with van der Waals surface area (Å²) >= 11 is 0. The fourth-order valence-corrected chi connectivity index (χ4v) is 4.15. The van der Waals surface area contributed by atoms with E-state index < -0.39 is 5.54 Å². The molecule has 27 heavy (non-hydrogen) atoms. The van der Waals surface area contributed by atoms with Crippen molar-refractivity contribution in [1.82, 2.24) is 0 Å². The van der Waals surface area contributed by atoms with Gasteiger partial charge in [0, 0.05) is 13.0 Å². The van der Waals surface area contributed by atoms with Crippen LogP contribution in [0.4, 0.5) is 11.4 Å². The van der Waals surface area contributed by atoms with E-state index in [9.17, 15) is 9.59 Å². The van der Waals surface area contributed by atoms with E-state index >= 15 is 0 Å². The predicted molar refractivity (Wildman–Crippen MR) is 108 cm³/mol. The molecule has 1 fully saturated rings. The van der Waals surface area contributed by atoms with Crippen LogP contribution in [-0.2, 0) is 14.3 Å². The summed E-state index contributed by atoms with van der Waals surface area (Å²) in [5.41, 5.74) is 1.22. The third kappa shape index (κ3) is 5.02. The number of carbonyl (C=O) groups excluding carboxylic acids is 2. The second-order valence-corrected chi connectivity index (χ2v) is 8.34. The van der Waals surface area contributed by atoms with Crippen molar-refractivity contribution in [1.29, 1.82) is 0 Å². The van der Waals surface area contributed by atoms with Crippen molar-refractivity contribution in [3.05, 3.63) is 24.3 Å². The number of hydrogen-bond acceptors (Lipinski definition) is 4. The van der Waals surface area contributed by atoms with Crippen molar-refractivity contribution in [2.75, 3.05) is 23.4 Å². The molecule has 0 bridgehead atoms. The van der Waals surface area contributed by atoms with E-state index in [0.29, 0.717) is 31.9 Å². The third-order valence-electron chi connectivity index (χ3n) is 5.69. The number of ether oxygens (including phenoxy) is 1. The maximum Gasteiger partial charge on any atom is 0.305 e. The largest absolute Gasteiger partial charge is 0.466 e. The summed E-state index contributed by atoms with van der Waals surface area (Å²) in [6.07, 6.45) is 8.58. The summed E-state index contributed by atoms with van der Waals surface area (Å²) in [6.45, 7) is 4.70. The molecule has 1 aliphatic heterocycles. The first-order valence-corrected chi connectivity index (χ1v) is 10.3. The van der Waals surface area contributed by atoms with Crippen LogP contribution in [0.15, 0.2) is 24.3 Å². The minimum absolute atomic E-state index is 0.0461. The fourth-order valence-electron chi connectivity index (χ4n) is 4.15. The van der Waals surface area contributed by atoms with E-state index in [2.05, 4.69) is 5.32 Å². The van der Waals surface area contributed by atoms with Crippen molar-refractivity contribution in [2.45, 2.75) is 70.8 Å². The molecule has 5 heteroatoms. The lowest BCUT2D eigenvalue weighted by Crippen LogP contribution is -2.54. The molecule has 1 aliphatic carbocycles. The number of esters is 1. The molecule has 0 saturated heterocycles. The standard InChI is InChI=1S/C22H32N2O3/c1-22(2)21(26)24(19-12-7-6-11-18(19)23-22)15-8-16-27-20(25)14-13-17-9-4-3-5-10-17/h6-7,11-12,17,23H,3-5,8-10,13-16H2,1-2H3. The average Bonchev–Trinajstić information content (AvgIpc) is 2.66. The highest BCUT2D eigenvalue weighted by atomic mass is 16.5. The Morgan fingerprint density at radius 3 is 2.74 bits per heavy atom. The van der Waals surface area contributed by atoms with Crippen molar-refractivity contribution in [3.8, 4) is 0 Å². The lowest BCUT2D eigenvalue weighted by Gasteiger charge is -2.40. The van der Waals surface area contributed by atoms with Crippen LogP contribution >= 0.6 is 0 Å². The molecule has 0 spiro atoms. The Balaban J connectivity index is 1.44. The van der Waals surface area contributed by atoms with Crippen molar-refractivity contribution in [2.24, 2.45) is 5.92 Å². The molecule has 1 heterocycles. The van der Waals surface area contributed by atoms with Crippen LogP contribution in [0.1, 0.15) is 65.2 Å². The van der Waals surface area contributed by atoms with E-state index in [0.717, 1.165) is 17.8 Å². The summed E-state index contributed by atoms with van der Waals surface area (Å²) in [5, 5.41) is 3.30. The van der Waals surface area contributed by atoms with Crippen LogP contribution in [-0.4, -0.2) is 30.6 Å². The quantitative estimate of drug-likeness (QED) is 0.565.